The average Bonchev–Trinajstić information content (AvgIpc) is 3.26. The Morgan fingerprint density at radius 3 is 2.75 bits per heavy atom. The van der Waals surface area contributed by atoms with Crippen LogP contribution in [0.4, 0.5) is 4.79 Å². The van der Waals surface area contributed by atoms with Gasteiger partial charge in [-0.25, -0.2) is 14.5 Å². The third-order valence-corrected chi connectivity index (χ3v) is 4.67. The fourth-order valence-electron chi connectivity index (χ4n) is 3.30. The van der Waals surface area contributed by atoms with Crippen LogP contribution in [0.3, 0.4) is 0 Å². The number of aromatic nitrogens is 3. The third kappa shape index (κ3) is 3.71. The van der Waals surface area contributed by atoms with Gasteiger partial charge in [0.15, 0.2) is 5.82 Å². The van der Waals surface area contributed by atoms with E-state index in [-0.39, 0.29) is 12.1 Å². The van der Waals surface area contributed by atoms with Gasteiger partial charge in [0.2, 0.25) is 0 Å². The Morgan fingerprint density at radius 1 is 1.04 bits per heavy atom. The van der Waals surface area contributed by atoms with Crippen molar-refractivity contribution in [2.45, 2.75) is 19.5 Å². The van der Waals surface area contributed by atoms with E-state index in [1.807, 2.05) is 55.6 Å². The molecule has 0 aliphatic heterocycles. The number of carbonyl (C=O) groups is 1. The predicted molar refractivity (Wildman–Crippen MR) is 109 cm³/mol. The van der Waals surface area contributed by atoms with Gasteiger partial charge in [-0.2, -0.15) is 5.10 Å². The van der Waals surface area contributed by atoms with Crippen molar-refractivity contribution >= 4 is 16.8 Å². The van der Waals surface area contributed by atoms with Crippen molar-refractivity contribution in [2.75, 3.05) is 0 Å². The number of rotatable bonds is 5. The molecule has 1 unspecified atom stereocenters. The van der Waals surface area contributed by atoms with Gasteiger partial charge < -0.3 is 10.6 Å². The number of benzene rings is 2. The number of urea groups is 1. The summed E-state index contributed by atoms with van der Waals surface area (Å²) in [7, 11) is 0. The molecule has 6 heteroatoms. The molecule has 0 aliphatic rings. The molecule has 4 rings (SSSR count). The molecule has 0 saturated carbocycles. The van der Waals surface area contributed by atoms with E-state index in [0.29, 0.717) is 12.4 Å². The van der Waals surface area contributed by atoms with Crippen molar-refractivity contribution in [3.63, 3.8) is 0 Å². The number of nitrogens with one attached hydrogen (secondary N) is 2. The number of hydrogen-bond donors (Lipinski definition) is 2. The fraction of sp³-hybridized carbons (Fsp3) is 0.136. The third-order valence-electron chi connectivity index (χ3n) is 4.67. The monoisotopic (exact) mass is 371 g/mol. The summed E-state index contributed by atoms with van der Waals surface area (Å²) >= 11 is 0. The molecule has 0 saturated heterocycles. The lowest BCUT2D eigenvalue weighted by molar-refractivity contribution is 0.237. The Hall–Kier alpha value is -3.67. The van der Waals surface area contributed by atoms with Crippen LogP contribution < -0.4 is 10.6 Å². The fourth-order valence-corrected chi connectivity index (χ4v) is 3.30. The summed E-state index contributed by atoms with van der Waals surface area (Å²) in [5.41, 5.74) is 1.98. The molecule has 2 heterocycles. The molecule has 2 N–H and O–H groups in total. The molecule has 2 aromatic heterocycles. The van der Waals surface area contributed by atoms with Crippen LogP contribution in [0.5, 0.6) is 0 Å². The molecule has 0 fully saturated rings. The van der Waals surface area contributed by atoms with Crippen molar-refractivity contribution in [3.05, 3.63) is 90.4 Å². The van der Waals surface area contributed by atoms with Crippen LogP contribution in [-0.4, -0.2) is 20.8 Å². The Morgan fingerprint density at radius 2 is 1.89 bits per heavy atom. The highest BCUT2D eigenvalue weighted by Gasteiger charge is 2.13. The van der Waals surface area contributed by atoms with E-state index in [1.165, 1.54) is 0 Å². The highest BCUT2D eigenvalue weighted by atomic mass is 16.2. The normalized spacial score (nSPS) is 11.9. The molecular formula is C22H21N5O. The molecule has 4 aromatic rings. The zero-order valence-electron chi connectivity index (χ0n) is 15.5. The lowest BCUT2D eigenvalue weighted by atomic mass is 10.00. The Balaban J connectivity index is 1.44. The molecule has 140 valence electrons. The minimum Gasteiger partial charge on any atom is -0.334 e. The second-order valence-electron chi connectivity index (χ2n) is 6.55. The largest absolute Gasteiger partial charge is 0.334 e. The van der Waals surface area contributed by atoms with Crippen molar-refractivity contribution in [3.8, 4) is 5.82 Å². The first kappa shape index (κ1) is 17.7. The quantitative estimate of drug-likeness (QED) is 0.557. The Kier molecular flexibility index (Phi) is 5.01. The van der Waals surface area contributed by atoms with Gasteiger partial charge in [0, 0.05) is 30.7 Å². The maximum Gasteiger partial charge on any atom is 0.315 e. The topological polar surface area (TPSA) is 71.8 Å². The zero-order valence-corrected chi connectivity index (χ0v) is 15.5. The maximum atomic E-state index is 12.5. The van der Waals surface area contributed by atoms with Gasteiger partial charge in [-0.15, -0.1) is 0 Å². The van der Waals surface area contributed by atoms with E-state index in [0.717, 1.165) is 21.9 Å². The van der Waals surface area contributed by atoms with Crippen LogP contribution in [0, 0.1) is 0 Å². The molecule has 0 radical (unpaired) electrons. The lowest BCUT2D eigenvalue weighted by Crippen LogP contribution is -2.36. The minimum absolute atomic E-state index is 0.120. The summed E-state index contributed by atoms with van der Waals surface area (Å²) in [6.07, 6.45) is 5.24. The molecular weight excluding hydrogens is 350 g/mol. The summed E-state index contributed by atoms with van der Waals surface area (Å²) in [6, 6.07) is 19.6. The van der Waals surface area contributed by atoms with E-state index in [4.69, 9.17) is 0 Å². The van der Waals surface area contributed by atoms with Crippen LogP contribution in [0.2, 0.25) is 0 Å². The van der Waals surface area contributed by atoms with Gasteiger partial charge in [0.1, 0.15) is 0 Å². The first-order chi connectivity index (χ1) is 13.7. The zero-order chi connectivity index (χ0) is 19.3. The van der Waals surface area contributed by atoms with Gasteiger partial charge in [-0.3, -0.25) is 0 Å². The predicted octanol–water partition coefficient (Wildman–Crippen LogP) is 3.98. The smallest absolute Gasteiger partial charge is 0.315 e. The number of carbonyl (C=O) groups excluding carboxylic acids is 1. The molecule has 1 atom stereocenters. The van der Waals surface area contributed by atoms with E-state index < -0.39 is 0 Å². The van der Waals surface area contributed by atoms with Crippen molar-refractivity contribution in [1.29, 1.82) is 0 Å². The second-order valence-corrected chi connectivity index (χ2v) is 6.55. The average molecular weight is 371 g/mol. The van der Waals surface area contributed by atoms with Crippen molar-refractivity contribution in [1.82, 2.24) is 25.4 Å². The summed E-state index contributed by atoms with van der Waals surface area (Å²) in [6.45, 7) is 2.34. The Labute approximate surface area is 163 Å². The molecule has 2 amide bonds. The summed E-state index contributed by atoms with van der Waals surface area (Å²) < 4.78 is 1.69. The van der Waals surface area contributed by atoms with E-state index >= 15 is 0 Å². The molecule has 0 spiro atoms. The van der Waals surface area contributed by atoms with Crippen LogP contribution in [0.1, 0.15) is 24.1 Å². The highest BCUT2D eigenvalue weighted by Crippen LogP contribution is 2.23. The standard InChI is InChI=1S/C22H21N5O/c1-16(19-11-4-8-17-7-2-3-10-20(17)19)26-22(28)24-15-18-9-5-12-23-21(18)27-14-6-13-25-27/h2-14,16H,15H2,1H3,(H2,24,26,28). The van der Waals surface area contributed by atoms with Gasteiger partial charge in [0.25, 0.3) is 0 Å². The van der Waals surface area contributed by atoms with Gasteiger partial charge in [0.05, 0.1) is 6.04 Å². The van der Waals surface area contributed by atoms with Gasteiger partial charge in [-0.05, 0) is 35.4 Å². The molecule has 0 aliphatic carbocycles. The molecule has 28 heavy (non-hydrogen) atoms. The highest BCUT2D eigenvalue weighted by molar-refractivity contribution is 5.86. The number of nitrogens with zero attached hydrogens (tertiary/aromatic N) is 3. The summed E-state index contributed by atoms with van der Waals surface area (Å²) in [5, 5.41) is 12.5. The SMILES string of the molecule is CC(NC(=O)NCc1cccnc1-n1cccn1)c1cccc2ccccc12. The van der Waals surface area contributed by atoms with E-state index in [1.54, 1.807) is 17.1 Å². The van der Waals surface area contributed by atoms with E-state index in [9.17, 15) is 4.79 Å². The summed E-state index contributed by atoms with van der Waals surface area (Å²) in [5.74, 6) is 0.704. The Bertz CT molecular complexity index is 1090. The first-order valence-electron chi connectivity index (χ1n) is 9.18. The molecule has 2 aromatic carbocycles. The van der Waals surface area contributed by atoms with Gasteiger partial charge >= 0.3 is 6.03 Å². The lowest BCUT2D eigenvalue weighted by Gasteiger charge is -2.17. The number of hydrogen-bond acceptors (Lipinski definition) is 3. The maximum absolute atomic E-state index is 12.5. The van der Waals surface area contributed by atoms with Crippen LogP contribution in [-0.2, 0) is 6.54 Å². The first-order valence-corrected chi connectivity index (χ1v) is 9.18. The molecule has 6 nitrogen and oxygen atoms in total. The van der Waals surface area contributed by atoms with Crippen LogP contribution >= 0.6 is 0 Å². The van der Waals surface area contributed by atoms with Crippen molar-refractivity contribution in [2.24, 2.45) is 0 Å². The molecule has 0 bridgehead atoms. The minimum atomic E-state index is -0.226. The van der Waals surface area contributed by atoms with E-state index in [2.05, 4.69) is 38.9 Å². The summed E-state index contributed by atoms with van der Waals surface area (Å²) in [4.78, 5) is 16.8. The van der Waals surface area contributed by atoms with Gasteiger partial charge in [-0.1, -0.05) is 48.5 Å². The number of fused-ring (bicyclic) bond motifs is 1. The number of pyridine rings is 1. The number of amides is 2. The van der Waals surface area contributed by atoms with Crippen LogP contribution in [0.15, 0.2) is 79.3 Å². The van der Waals surface area contributed by atoms with Crippen LogP contribution in [0.25, 0.3) is 16.6 Å². The second kappa shape index (κ2) is 7.92. The van der Waals surface area contributed by atoms with Crippen molar-refractivity contribution < 1.29 is 4.79 Å².